The van der Waals surface area contributed by atoms with E-state index in [1.807, 2.05) is 13.1 Å². The zero-order valence-electron chi connectivity index (χ0n) is 12.7. The number of rotatable bonds is 4. The molecule has 21 heavy (non-hydrogen) atoms. The molecule has 1 aromatic heterocycles. The first-order valence-electron chi connectivity index (χ1n) is 7.63. The Labute approximate surface area is 125 Å². The van der Waals surface area contributed by atoms with E-state index in [0.29, 0.717) is 5.92 Å². The van der Waals surface area contributed by atoms with Crippen molar-refractivity contribution in [3.63, 3.8) is 0 Å². The third-order valence-electron chi connectivity index (χ3n) is 4.41. The molecular weight excluding hydrogens is 262 g/mol. The van der Waals surface area contributed by atoms with E-state index < -0.39 is 0 Å². The van der Waals surface area contributed by atoms with E-state index in [2.05, 4.69) is 46.3 Å². The van der Waals surface area contributed by atoms with Crippen LogP contribution in [0.25, 0.3) is 11.3 Å². The SMILES string of the molecule is Cc1cccc(-c2[nH]ncc2CN2CCC(C(C)O)C2)c1. The maximum Gasteiger partial charge on any atom is 0.0695 e. The third-order valence-corrected chi connectivity index (χ3v) is 4.41. The predicted molar refractivity (Wildman–Crippen MR) is 83.8 cm³/mol. The minimum absolute atomic E-state index is 0.212. The zero-order chi connectivity index (χ0) is 14.8. The second kappa shape index (κ2) is 6.00. The number of aromatic nitrogens is 2. The lowest BCUT2D eigenvalue weighted by Gasteiger charge is -2.17. The smallest absolute Gasteiger partial charge is 0.0695 e. The number of hydrogen-bond acceptors (Lipinski definition) is 3. The Kier molecular flexibility index (Phi) is 4.08. The lowest BCUT2D eigenvalue weighted by molar-refractivity contribution is 0.127. The summed E-state index contributed by atoms with van der Waals surface area (Å²) in [4.78, 5) is 2.40. The molecule has 0 spiro atoms. The third kappa shape index (κ3) is 3.17. The normalized spacial score (nSPS) is 20.8. The van der Waals surface area contributed by atoms with Crippen LogP contribution in [-0.2, 0) is 6.54 Å². The molecule has 1 aromatic carbocycles. The van der Waals surface area contributed by atoms with Gasteiger partial charge in [-0.3, -0.25) is 10.00 Å². The van der Waals surface area contributed by atoms with Crippen LogP contribution in [-0.4, -0.2) is 39.4 Å². The van der Waals surface area contributed by atoms with E-state index in [1.165, 1.54) is 16.7 Å². The average molecular weight is 285 g/mol. The number of benzene rings is 1. The van der Waals surface area contributed by atoms with Crippen molar-refractivity contribution in [2.75, 3.05) is 13.1 Å². The fraction of sp³-hybridized carbons (Fsp3) is 0.471. The molecular formula is C17H23N3O. The van der Waals surface area contributed by atoms with Crippen LogP contribution in [0.4, 0.5) is 0 Å². The molecule has 3 rings (SSSR count). The van der Waals surface area contributed by atoms with Crippen molar-refractivity contribution >= 4 is 0 Å². The number of H-pyrrole nitrogens is 1. The molecule has 4 nitrogen and oxygen atoms in total. The van der Waals surface area contributed by atoms with Crippen molar-refractivity contribution in [1.29, 1.82) is 0 Å². The number of aliphatic hydroxyl groups excluding tert-OH is 1. The van der Waals surface area contributed by atoms with Gasteiger partial charge in [0.2, 0.25) is 0 Å². The lowest BCUT2D eigenvalue weighted by atomic mass is 10.0. The van der Waals surface area contributed by atoms with Crippen molar-refractivity contribution in [2.24, 2.45) is 5.92 Å². The summed E-state index contributed by atoms with van der Waals surface area (Å²) in [5.41, 5.74) is 4.78. The van der Waals surface area contributed by atoms with Gasteiger partial charge in [0.05, 0.1) is 18.0 Å². The second-order valence-electron chi connectivity index (χ2n) is 6.16. The van der Waals surface area contributed by atoms with E-state index in [1.54, 1.807) is 0 Å². The Balaban J connectivity index is 1.75. The summed E-state index contributed by atoms with van der Waals surface area (Å²) < 4.78 is 0. The van der Waals surface area contributed by atoms with Gasteiger partial charge in [-0.1, -0.05) is 23.8 Å². The van der Waals surface area contributed by atoms with E-state index in [0.717, 1.165) is 31.7 Å². The molecule has 0 bridgehead atoms. The molecule has 0 aliphatic carbocycles. The van der Waals surface area contributed by atoms with Crippen LogP contribution >= 0.6 is 0 Å². The van der Waals surface area contributed by atoms with Crippen molar-refractivity contribution in [3.8, 4) is 11.3 Å². The number of aryl methyl sites for hydroxylation is 1. The quantitative estimate of drug-likeness (QED) is 0.908. The van der Waals surface area contributed by atoms with Crippen molar-refractivity contribution in [2.45, 2.75) is 32.9 Å². The molecule has 1 aliphatic heterocycles. The predicted octanol–water partition coefficient (Wildman–Crippen LogP) is 2.59. The Bertz CT molecular complexity index is 606. The fourth-order valence-corrected chi connectivity index (χ4v) is 3.12. The first-order chi connectivity index (χ1) is 10.1. The van der Waals surface area contributed by atoms with Crippen LogP contribution in [0.2, 0.25) is 0 Å². The summed E-state index contributed by atoms with van der Waals surface area (Å²) in [5, 5.41) is 17.1. The van der Waals surface area contributed by atoms with Crippen LogP contribution < -0.4 is 0 Å². The number of hydrogen-bond donors (Lipinski definition) is 2. The molecule has 2 unspecified atom stereocenters. The summed E-state index contributed by atoms with van der Waals surface area (Å²) in [6.45, 7) is 6.91. The number of nitrogens with zero attached hydrogens (tertiary/aromatic N) is 2. The minimum Gasteiger partial charge on any atom is -0.393 e. The van der Waals surface area contributed by atoms with Crippen LogP contribution in [0.15, 0.2) is 30.5 Å². The van der Waals surface area contributed by atoms with Crippen molar-refractivity contribution in [3.05, 3.63) is 41.6 Å². The molecule has 4 heteroatoms. The van der Waals surface area contributed by atoms with Crippen LogP contribution in [0, 0.1) is 12.8 Å². The molecule has 2 N–H and O–H groups in total. The Morgan fingerprint density at radius 3 is 3.05 bits per heavy atom. The van der Waals surface area contributed by atoms with Crippen LogP contribution in [0.3, 0.4) is 0 Å². The number of nitrogens with one attached hydrogen (secondary N) is 1. The molecule has 1 aliphatic rings. The Hall–Kier alpha value is -1.65. The first kappa shape index (κ1) is 14.3. The molecule has 1 saturated heterocycles. The van der Waals surface area contributed by atoms with Gasteiger partial charge in [-0.2, -0.15) is 5.10 Å². The topological polar surface area (TPSA) is 52.2 Å². The molecule has 2 heterocycles. The number of aromatic amines is 1. The van der Waals surface area contributed by atoms with E-state index in [-0.39, 0.29) is 6.10 Å². The zero-order valence-corrected chi connectivity index (χ0v) is 12.7. The van der Waals surface area contributed by atoms with Gasteiger partial charge in [0.1, 0.15) is 0 Å². The van der Waals surface area contributed by atoms with Gasteiger partial charge in [-0.05, 0) is 38.8 Å². The molecule has 2 aromatic rings. The highest BCUT2D eigenvalue weighted by molar-refractivity contribution is 5.63. The lowest BCUT2D eigenvalue weighted by Crippen LogP contribution is -2.24. The highest BCUT2D eigenvalue weighted by Crippen LogP contribution is 2.26. The maximum absolute atomic E-state index is 9.71. The van der Waals surface area contributed by atoms with Crippen LogP contribution in [0.1, 0.15) is 24.5 Å². The summed E-state index contributed by atoms with van der Waals surface area (Å²) in [7, 11) is 0. The maximum atomic E-state index is 9.71. The van der Waals surface area contributed by atoms with Crippen LogP contribution in [0.5, 0.6) is 0 Å². The van der Waals surface area contributed by atoms with E-state index in [4.69, 9.17) is 0 Å². The van der Waals surface area contributed by atoms with Gasteiger partial charge in [0, 0.05) is 24.2 Å². The molecule has 2 atom stereocenters. The van der Waals surface area contributed by atoms with E-state index >= 15 is 0 Å². The summed E-state index contributed by atoms with van der Waals surface area (Å²) in [6.07, 6.45) is 2.79. The molecule has 0 radical (unpaired) electrons. The van der Waals surface area contributed by atoms with Gasteiger partial charge >= 0.3 is 0 Å². The molecule has 0 amide bonds. The van der Waals surface area contributed by atoms with Crippen molar-refractivity contribution in [1.82, 2.24) is 15.1 Å². The van der Waals surface area contributed by atoms with Gasteiger partial charge in [-0.15, -0.1) is 0 Å². The monoisotopic (exact) mass is 285 g/mol. The Morgan fingerprint density at radius 1 is 1.48 bits per heavy atom. The highest BCUT2D eigenvalue weighted by Gasteiger charge is 2.26. The molecule has 112 valence electrons. The van der Waals surface area contributed by atoms with Gasteiger partial charge in [-0.25, -0.2) is 0 Å². The largest absolute Gasteiger partial charge is 0.393 e. The fourth-order valence-electron chi connectivity index (χ4n) is 3.12. The summed E-state index contributed by atoms with van der Waals surface area (Å²) in [5.74, 6) is 0.402. The average Bonchev–Trinajstić information content (AvgIpc) is 3.08. The Morgan fingerprint density at radius 2 is 2.33 bits per heavy atom. The van der Waals surface area contributed by atoms with Gasteiger partial charge in [0.15, 0.2) is 0 Å². The van der Waals surface area contributed by atoms with Gasteiger partial charge in [0.25, 0.3) is 0 Å². The second-order valence-corrected chi connectivity index (χ2v) is 6.16. The summed E-state index contributed by atoms with van der Waals surface area (Å²) in [6, 6.07) is 8.48. The van der Waals surface area contributed by atoms with E-state index in [9.17, 15) is 5.11 Å². The molecule has 0 saturated carbocycles. The van der Waals surface area contributed by atoms with Crippen molar-refractivity contribution < 1.29 is 5.11 Å². The minimum atomic E-state index is -0.212. The highest BCUT2D eigenvalue weighted by atomic mass is 16.3. The van der Waals surface area contributed by atoms with Gasteiger partial charge < -0.3 is 5.11 Å². The number of aliphatic hydroxyl groups is 1. The molecule has 1 fully saturated rings. The number of likely N-dealkylation sites (tertiary alicyclic amines) is 1. The standard InChI is InChI=1S/C17H23N3O/c1-12-4-3-5-14(8-12)17-16(9-18-19-17)11-20-7-6-15(10-20)13(2)21/h3-5,8-9,13,15,21H,6-7,10-11H2,1-2H3,(H,18,19). The summed E-state index contributed by atoms with van der Waals surface area (Å²) >= 11 is 0. The first-order valence-corrected chi connectivity index (χ1v) is 7.63.